The summed E-state index contributed by atoms with van der Waals surface area (Å²) in [5, 5.41) is 2.67. The number of amides is 4. The van der Waals surface area contributed by atoms with Crippen LogP contribution in [0.5, 0.6) is 0 Å². The molecule has 0 aliphatic rings. The van der Waals surface area contributed by atoms with Gasteiger partial charge in [0.05, 0.1) is 6.42 Å². The average molecular weight is 509 g/mol. The monoisotopic (exact) mass is 508 g/mol. The van der Waals surface area contributed by atoms with E-state index in [1.807, 2.05) is 39.8 Å². The van der Waals surface area contributed by atoms with Crippen LogP contribution in [0.3, 0.4) is 0 Å². The molecule has 0 bridgehead atoms. The number of rotatable bonds is 15. The van der Waals surface area contributed by atoms with Crippen LogP contribution < -0.4 is 11.1 Å². The molecule has 0 unspecified atom stereocenters. The zero-order valence-corrected chi connectivity index (χ0v) is 23.0. The Bertz CT molecular complexity index is 838. The molecule has 204 valence electrons. The van der Waals surface area contributed by atoms with E-state index in [4.69, 9.17) is 10.5 Å². The molecule has 3 N–H and O–H groups in total. The molecule has 0 spiro atoms. The summed E-state index contributed by atoms with van der Waals surface area (Å²) in [5.41, 5.74) is 5.33. The molecule has 10 nitrogen and oxygen atoms in total. The number of allylic oxidation sites excluding steroid dienone is 2. The average Bonchev–Trinajstić information content (AvgIpc) is 2.80. The summed E-state index contributed by atoms with van der Waals surface area (Å²) >= 11 is 0. The van der Waals surface area contributed by atoms with E-state index >= 15 is 0 Å². The summed E-state index contributed by atoms with van der Waals surface area (Å²) in [7, 11) is 2.82. The lowest BCUT2D eigenvalue weighted by Gasteiger charge is -2.31. The first-order valence-corrected chi connectivity index (χ1v) is 12.3. The minimum Gasteiger partial charge on any atom is -0.462 e. The summed E-state index contributed by atoms with van der Waals surface area (Å²) in [5.74, 6) is -2.75. The molecule has 0 aromatic heterocycles. The van der Waals surface area contributed by atoms with Crippen LogP contribution in [0.4, 0.5) is 0 Å². The van der Waals surface area contributed by atoms with E-state index in [9.17, 15) is 24.0 Å². The number of hydrogen-bond acceptors (Lipinski definition) is 6. The van der Waals surface area contributed by atoms with Crippen molar-refractivity contribution in [3.8, 4) is 0 Å². The van der Waals surface area contributed by atoms with Gasteiger partial charge in [0.2, 0.25) is 17.7 Å². The van der Waals surface area contributed by atoms with Crippen LogP contribution in [0.25, 0.3) is 0 Å². The molecule has 0 fully saturated rings. The summed E-state index contributed by atoms with van der Waals surface area (Å²) < 4.78 is 5.34. The smallest absolute Gasteiger partial charge is 0.302 e. The molecule has 4 atom stereocenters. The van der Waals surface area contributed by atoms with Gasteiger partial charge in [-0.3, -0.25) is 24.0 Å². The van der Waals surface area contributed by atoms with Crippen molar-refractivity contribution < 1.29 is 28.7 Å². The summed E-state index contributed by atoms with van der Waals surface area (Å²) in [6.45, 7) is 14.3. The fourth-order valence-electron chi connectivity index (χ4n) is 3.62. The van der Waals surface area contributed by atoms with E-state index in [1.165, 1.54) is 25.9 Å². The van der Waals surface area contributed by atoms with E-state index < -0.39 is 47.8 Å². The van der Waals surface area contributed by atoms with Crippen LogP contribution in [0.15, 0.2) is 24.4 Å². The minimum atomic E-state index is -0.927. The largest absolute Gasteiger partial charge is 0.462 e. The zero-order chi connectivity index (χ0) is 28.2. The van der Waals surface area contributed by atoms with E-state index in [0.717, 1.165) is 4.90 Å². The van der Waals surface area contributed by atoms with Gasteiger partial charge in [-0.25, -0.2) is 0 Å². The highest BCUT2D eigenvalue weighted by Gasteiger charge is 2.32. The maximum absolute atomic E-state index is 13.1. The van der Waals surface area contributed by atoms with Gasteiger partial charge in [0.1, 0.15) is 23.9 Å². The Labute approximate surface area is 215 Å². The van der Waals surface area contributed by atoms with Crippen LogP contribution in [0, 0.1) is 11.8 Å². The van der Waals surface area contributed by atoms with E-state index in [2.05, 4.69) is 11.9 Å². The van der Waals surface area contributed by atoms with Crippen molar-refractivity contribution in [3.63, 3.8) is 0 Å². The maximum atomic E-state index is 13.1. The number of likely N-dealkylation sites (N-methyl/N-ethyl adjacent to an activating group) is 2. The molecule has 0 heterocycles. The van der Waals surface area contributed by atoms with Crippen molar-refractivity contribution in [3.05, 3.63) is 24.4 Å². The first-order chi connectivity index (χ1) is 16.7. The molecule has 0 aliphatic heterocycles. The number of carbonyl (C=O) groups is 5. The van der Waals surface area contributed by atoms with Gasteiger partial charge in [0.25, 0.3) is 5.91 Å². The third-order valence-electron chi connectivity index (χ3n) is 5.92. The molecule has 0 saturated carbocycles. The molecule has 10 heteroatoms. The van der Waals surface area contributed by atoms with Crippen molar-refractivity contribution in [1.82, 2.24) is 15.1 Å². The molecule has 0 aliphatic carbocycles. The predicted molar refractivity (Wildman–Crippen MR) is 138 cm³/mol. The van der Waals surface area contributed by atoms with Gasteiger partial charge < -0.3 is 25.6 Å². The van der Waals surface area contributed by atoms with Crippen molar-refractivity contribution in [2.24, 2.45) is 17.6 Å². The van der Waals surface area contributed by atoms with Gasteiger partial charge in [-0.2, -0.15) is 0 Å². The third kappa shape index (κ3) is 10.6. The lowest BCUT2D eigenvalue weighted by molar-refractivity contribution is -0.151. The Morgan fingerprint density at radius 2 is 1.69 bits per heavy atom. The number of hydrogen-bond donors (Lipinski definition) is 2. The summed E-state index contributed by atoms with van der Waals surface area (Å²) in [6.07, 6.45) is 4.30. The van der Waals surface area contributed by atoms with Crippen LogP contribution in [0.1, 0.15) is 67.2 Å². The molecular weight excluding hydrogens is 464 g/mol. The van der Waals surface area contributed by atoms with Gasteiger partial charge in [-0.15, -0.1) is 0 Å². The molecule has 0 aromatic rings. The van der Waals surface area contributed by atoms with Crippen molar-refractivity contribution in [1.29, 1.82) is 0 Å². The van der Waals surface area contributed by atoms with Gasteiger partial charge in [-0.1, -0.05) is 46.4 Å². The van der Waals surface area contributed by atoms with Crippen LogP contribution in [0.2, 0.25) is 0 Å². The Hall–Kier alpha value is -3.17. The normalized spacial score (nSPS) is 14.5. The Morgan fingerprint density at radius 1 is 1.11 bits per heavy atom. The predicted octanol–water partition coefficient (Wildman–Crippen LogP) is 2.14. The van der Waals surface area contributed by atoms with Crippen LogP contribution in [-0.2, 0) is 28.7 Å². The highest BCUT2D eigenvalue weighted by atomic mass is 16.5. The van der Waals surface area contributed by atoms with Crippen molar-refractivity contribution in [2.45, 2.75) is 85.4 Å². The topological polar surface area (TPSA) is 139 Å². The SMILES string of the molecule is C=C(C(=O)N(C)[C@@H](CC(C)C)C(N)=O)N(C)C(=O)[C@H](CC)NC(=O)C[C@H](OC(C)=O)[C@H](C)C/C=C/C. The highest BCUT2D eigenvalue weighted by molar-refractivity contribution is 6.00. The lowest BCUT2D eigenvalue weighted by Crippen LogP contribution is -2.51. The molecule has 0 aromatic carbocycles. The van der Waals surface area contributed by atoms with Gasteiger partial charge in [-0.05, 0) is 38.0 Å². The Morgan fingerprint density at radius 3 is 2.14 bits per heavy atom. The quantitative estimate of drug-likeness (QED) is 0.197. The first kappa shape index (κ1) is 32.8. The van der Waals surface area contributed by atoms with E-state index in [1.54, 1.807) is 6.92 Å². The third-order valence-corrected chi connectivity index (χ3v) is 5.92. The molecular formula is C26H44N4O6. The number of nitrogens with zero attached hydrogens (tertiary/aromatic N) is 2. The molecule has 4 amide bonds. The lowest BCUT2D eigenvalue weighted by atomic mass is 9.97. The number of ether oxygens (including phenoxy) is 1. The molecule has 0 saturated heterocycles. The van der Waals surface area contributed by atoms with E-state index in [0.29, 0.717) is 12.8 Å². The van der Waals surface area contributed by atoms with E-state index in [-0.39, 0.29) is 30.4 Å². The second-order valence-corrected chi connectivity index (χ2v) is 9.47. The van der Waals surface area contributed by atoms with Gasteiger partial charge in [0, 0.05) is 21.0 Å². The van der Waals surface area contributed by atoms with Gasteiger partial charge >= 0.3 is 5.97 Å². The van der Waals surface area contributed by atoms with Gasteiger partial charge in [0.15, 0.2) is 0 Å². The number of nitrogens with one attached hydrogen (secondary N) is 1. The second-order valence-electron chi connectivity index (χ2n) is 9.47. The number of carbonyl (C=O) groups excluding carboxylic acids is 5. The second kappa shape index (κ2) is 15.7. The molecule has 0 radical (unpaired) electrons. The Balaban J connectivity index is 5.41. The summed E-state index contributed by atoms with van der Waals surface area (Å²) in [4.78, 5) is 64.4. The first-order valence-electron chi connectivity index (χ1n) is 12.3. The number of nitrogens with two attached hydrogens (primary N) is 1. The fraction of sp³-hybridized carbons (Fsp3) is 0.654. The molecule has 36 heavy (non-hydrogen) atoms. The van der Waals surface area contributed by atoms with Crippen LogP contribution in [-0.4, -0.2) is 71.7 Å². The summed E-state index contributed by atoms with van der Waals surface area (Å²) in [6, 6.07) is -1.77. The van der Waals surface area contributed by atoms with Crippen LogP contribution >= 0.6 is 0 Å². The standard InChI is InChI=1S/C26H44N4O6/c1-10-12-13-17(5)22(36-19(7)31)15-23(32)28-20(11-2)26(35)29(8)18(6)25(34)30(9)21(24(27)33)14-16(3)4/h10,12,16-17,20-22H,6,11,13-15H2,1-5,7-9H3,(H2,27,33)(H,28,32)/b12-10+/t17-,20+,21+,22+/m1/s1. The Kier molecular flexibility index (Phi) is 14.4. The maximum Gasteiger partial charge on any atom is 0.302 e. The number of esters is 1. The van der Waals surface area contributed by atoms with Crippen molar-refractivity contribution in [2.75, 3.05) is 14.1 Å². The fourth-order valence-corrected chi connectivity index (χ4v) is 3.62. The number of primary amides is 1. The zero-order valence-electron chi connectivity index (χ0n) is 23.0. The molecule has 0 rings (SSSR count). The highest BCUT2D eigenvalue weighted by Crippen LogP contribution is 2.18. The minimum absolute atomic E-state index is 0.105. The van der Waals surface area contributed by atoms with Crippen molar-refractivity contribution >= 4 is 29.6 Å².